The maximum absolute atomic E-state index is 12.9. The number of carbonyl (C=O) groups excluding carboxylic acids is 2. The van der Waals surface area contributed by atoms with Crippen molar-refractivity contribution >= 4 is 62.5 Å². The Morgan fingerprint density at radius 1 is 0.814 bits per heavy atom. The first-order valence-corrected chi connectivity index (χ1v) is 19.1. The van der Waals surface area contributed by atoms with Crippen LogP contribution in [0.3, 0.4) is 0 Å². The van der Waals surface area contributed by atoms with E-state index in [0.29, 0.717) is 48.0 Å². The average Bonchev–Trinajstić information content (AvgIpc) is 4.05. The van der Waals surface area contributed by atoms with Crippen LogP contribution in [0.4, 0.5) is 23.3 Å². The lowest BCUT2D eigenvalue weighted by Gasteiger charge is -2.21. The van der Waals surface area contributed by atoms with E-state index in [-0.39, 0.29) is 43.0 Å². The topological polar surface area (TPSA) is 243 Å². The first-order valence-electron chi connectivity index (χ1n) is 19.1. The predicted molar refractivity (Wildman–Crippen MR) is 221 cm³/mol. The van der Waals surface area contributed by atoms with E-state index in [9.17, 15) is 9.59 Å². The monoisotopic (exact) mass is 797 g/mol. The molecular weight excluding hydrogens is 755 g/mol. The quantitative estimate of drug-likeness (QED) is 0.0672. The van der Waals surface area contributed by atoms with Gasteiger partial charge in [0.25, 0.3) is 11.8 Å². The number of hydrogen-bond donors (Lipinski definition) is 7. The highest BCUT2D eigenvalue weighted by Gasteiger charge is 2.22. The molecule has 59 heavy (non-hydrogen) atoms. The molecular formula is C40H43N15O4. The highest BCUT2D eigenvalue weighted by molar-refractivity contribution is 5.84. The fourth-order valence-electron chi connectivity index (χ4n) is 6.64. The molecule has 5 heterocycles. The molecule has 19 heteroatoms. The van der Waals surface area contributed by atoms with E-state index in [1.54, 1.807) is 30.7 Å². The molecule has 0 saturated carbocycles. The number of ether oxygens (including phenoxy) is 2. The summed E-state index contributed by atoms with van der Waals surface area (Å²) in [5, 5.41) is 42.8. The van der Waals surface area contributed by atoms with Crippen molar-refractivity contribution in [3.05, 3.63) is 90.9 Å². The van der Waals surface area contributed by atoms with Crippen LogP contribution in [0.2, 0.25) is 0 Å². The molecule has 2 atom stereocenters. The summed E-state index contributed by atoms with van der Waals surface area (Å²) in [5.74, 6) is 2.88. The fraction of sp³-hybridized carbons (Fsp3) is 0.275. The number of pyridine rings is 1. The summed E-state index contributed by atoms with van der Waals surface area (Å²) in [6.45, 7) is 8.03. The lowest BCUT2D eigenvalue weighted by Crippen LogP contribution is -2.38. The van der Waals surface area contributed by atoms with Crippen molar-refractivity contribution in [2.24, 2.45) is 5.92 Å². The standard InChI is InChI=1S/C40H43N15O4/c1-22(2)44-34(56)21-59-36-12-5-25(16-41-36)37-48-39(53-51-37)47-29-7-11-33-27(15-29)18-43-55(33)19-24(4)45-35(57)20-58-30-8-9-31(23(3)13-30)38-49-40(54-52-38)46-28-6-10-32-26(14-28)17-42-50-32/h5-12,14-18,22-24H,13,19-21H2,1-4H3,(H,42,50)(H,44,56)(H,45,57)(H2,46,49,52,54)(H2,47,48,51,53). The van der Waals surface area contributed by atoms with Gasteiger partial charge in [0, 0.05) is 64.1 Å². The third kappa shape index (κ3) is 9.36. The van der Waals surface area contributed by atoms with Crippen LogP contribution < -0.4 is 26.0 Å². The van der Waals surface area contributed by atoms with E-state index < -0.39 is 0 Å². The molecule has 0 saturated heterocycles. The minimum absolute atomic E-state index is 0.0325. The summed E-state index contributed by atoms with van der Waals surface area (Å²) >= 11 is 0. The number of benzene rings is 2. The zero-order valence-corrected chi connectivity index (χ0v) is 32.8. The number of fused-ring (bicyclic) bond motifs is 2. The van der Waals surface area contributed by atoms with Crippen LogP contribution in [0, 0.1) is 5.92 Å². The molecule has 2 aromatic carbocycles. The molecule has 302 valence electrons. The average molecular weight is 798 g/mol. The smallest absolute Gasteiger partial charge is 0.258 e. The van der Waals surface area contributed by atoms with Gasteiger partial charge in [0.15, 0.2) is 24.9 Å². The Bertz CT molecular complexity index is 2650. The van der Waals surface area contributed by atoms with Gasteiger partial charge in [-0.2, -0.15) is 10.2 Å². The van der Waals surface area contributed by atoms with E-state index in [1.165, 1.54) is 0 Å². The third-order valence-electron chi connectivity index (χ3n) is 9.40. The Kier molecular flexibility index (Phi) is 11.0. The molecule has 2 amide bonds. The highest BCUT2D eigenvalue weighted by Crippen LogP contribution is 2.32. The van der Waals surface area contributed by atoms with Crippen LogP contribution in [-0.4, -0.2) is 92.4 Å². The minimum Gasteiger partial charge on any atom is -0.488 e. The molecule has 0 spiro atoms. The summed E-state index contributed by atoms with van der Waals surface area (Å²) in [6.07, 6.45) is 9.59. The summed E-state index contributed by atoms with van der Waals surface area (Å²) in [4.78, 5) is 35.4. The Morgan fingerprint density at radius 3 is 2.31 bits per heavy atom. The minimum atomic E-state index is -0.221. The van der Waals surface area contributed by atoms with Gasteiger partial charge in [0.1, 0.15) is 0 Å². The summed E-state index contributed by atoms with van der Waals surface area (Å²) in [7, 11) is 0. The number of amides is 2. The number of rotatable bonds is 16. The summed E-state index contributed by atoms with van der Waals surface area (Å²) in [6, 6.07) is 15.0. The van der Waals surface area contributed by atoms with Gasteiger partial charge in [-0.15, -0.1) is 20.4 Å². The Hall–Kier alpha value is -7.57. The number of nitrogens with zero attached hydrogens (tertiary/aromatic N) is 8. The number of aromatic amines is 3. The van der Waals surface area contributed by atoms with E-state index in [0.717, 1.165) is 44.5 Å². The number of nitrogens with one attached hydrogen (secondary N) is 7. The SMILES string of the molecule is CC(C)NC(=O)COc1ccc(-c2nnc(Nc3ccc4c(cnn4CC(C)NC(=O)COC4=CC=C(c5nnc(Nc6ccc7[nH]ncc7c6)[nH]5)C(C)C4)c3)[nH]2)cn1. The molecule has 2 unspecified atom stereocenters. The zero-order chi connectivity index (χ0) is 40.9. The Morgan fingerprint density at radius 2 is 1.54 bits per heavy atom. The van der Waals surface area contributed by atoms with Crippen molar-refractivity contribution < 1.29 is 19.1 Å². The number of carbonyl (C=O) groups is 2. The molecule has 7 aromatic rings. The molecule has 19 nitrogen and oxygen atoms in total. The molecule has 1 aliphatic carbocycles. The Labute approximate surface area is 337 Å². The first-order chi connectivity index (χ1) is 28.6. The van der Waals surface area contributed by atoms with Crippen molar-refractivity contribution in [1.82, 2.24) is 66.0 Å². The van der Waals surface area contributed by atoms with Crippen LogP contribution in [0.25, 0.3) is 38.8 Å². The van der Waals surface area contributed by atoms with Crippen molar-refractivity contribution in [3.63, 3.8) is 0 Å². The normalized spacial score (nSPS) is 14.5. The van der Waals surface area contributed by atoms with Crippen molar-refractivity contribution in [2.45, 2.75) is 52.7 Å². The molecule has 0 radical (unpaired) electrons. The van der Waals surface area contributed by atoms with Gasteiger partial charge in [0.2, 0.25) is 17.8 Å². The van der Waals surface area contributed by atoms with Crippen LogP contribution in [0.5, 0.6) is 5.88 Å². The first kappa shape index (κ1) is 38.3. The third-order valence-corrected chi connectivity index (χ3v) is 9.40. The molecule has 0 fully saturated rings. The van der Waals surface area contributed by atoms with Crippen LogP contribution >= 0.6 is 0 Å². The Balaban J connectivity index is 0.796. The van der Waals surface area contributed by atoms with E-state index >= 15 is 0 Å². The van der Waals surface area contributed by atoms with E-state index in [2.05, 4.69) is 78.8 Å². The fourth-order valence-corrected chi connectivity index (χ4v) is 6.64. The van der Waals surface area contributed by atoms with Gasteiger partial charge < -0.3 is 40.7 Å². The number of allylic oxidation sites excluding steroid dienone is 4. The van der Waals surface area contributed by atoms with Gasteiger partial charge in [-0.3, -0.25) is 19.4 Å². The lowest BCUT2D eigenvalue weighted by atomic mass is 9.92. The van der Waals surface area contributed by atoms with E-state index in [1.807, 2.05) is 74.0 Å². The maximum Gasteiger partial charge on any atom is 0.258 e. The van der Waals surface area contributed by atoms with Gasteiger partial charge in [-0.25, -0.2) is 4.98 Å². The van der Waals surface area contributed by atoms with Gasteiger partial charge >= 0.3 is 0 Å². The molecule has 8 rings (SSSR count). The second-order valence-corrected chi connectivity index (χ2v) is 14.6. The molecule has 5 aromatic heterocycles. The van der Waals surface area contributed by atoms with Crippen molar-refractivity contribution in [1.29, 1.82) is 0 Å². The molecule has 1 aliphatic rings. The van der Waals surface area contributed by atoms with Crippen molar-refractivity contribution in [2.75, 3.05) is 23.8 Å². The zero-order valence-electron chi connectivity index (χ0n) is 32.8. The van der Waals surface area contributed by atoms with Crippen LogP contribution in [-0.2, 0) is 20.9 Å². The van der Waals surface area contributed by atoms with Gasteiger partial charge in [-0.1, -0.05) is 13.0 Å². The van der Waals surface area contributed by atoms with Crippen LogP contribution in [0.15, 0.2) is 85.0 Å². The molecule has 0 aliphatic heterocycles. The number of anilines is 4. The summed E-state index contributed by atoms with van der Waals surface area (Å²) in [5.41, 5.74) is 5.22. The maximum atomic E-state index is 12.9. The van der Waals surface area contributed by atoms with E-state index in [4.69, 9.17) is 9.47 Å². The largest absolute Gasteiger partial charge is 0.488 e. The van der Waals surface area contributed by atoms with Crippen molar-refractivity contribution in [3.8, 4) is 17.3 Å². The molecule has 7 N–H and O–H groups in total. The second kappa shape index (κ2) is 16.9. The predicted octanol–water partition coefficient (Wildman–Crippen LogP) is 5.13. The van der Waals surface area contributed by atoms with Gasteiger partial charge in [-0.05, 0) is 75.2 Å². The second-order valence-electron chi connectivity index (χ2n) is 14.6. The summed E-state index contributed by atoms with van der Waals surface area (Å²) < 4.78 is 13.2. The van der Waals surface area contributed by atoms with Gasteiger partial charge in [0.05, 0.1) is 35.7 Å². The highest BCUT2D eigenvalue weighted by atomic mass is 16.5. The lowest BCUT2D eigenvalue weighted by molar-refractivity contribution is -0.125. The number of hydrogen-bond acceptors (Lipinski definition) is 13. The van der Waals surface area contributed by atoms with Crippen LogP contribution in [0.1, 0.15) is 39.9 Å². The number of aromatic nitrogens is 11. The molecule has 0 bridgehead atoms. The number of H-pyrrole nitrogens is 3.